The number of methoxy groups -OCH3 is 1. The van der Waals surface area contributed by atoms with Gasteiger partial charge < -0.3 is 20.0 Å². The Kier molecular flexibility index (Phi) is 6.28. The summed E-state index contributed by atoms with van der Waals surface area (Å²) in [6.45, 7) is 8.00. The first-order valence-corrected chi connectivity index (χ1v) is 11.3. The number of hydrogen-bond acceptors (Lipinski definition) is 5. The Morgan fingerprint density at radius 2 is 1.76 bits per heavy atom. The summed E-state index contributed by atoms with van der Waals surface area (Å²) in [6, 6.07) is 18.6. The average molecular weight is 465 g/mol. The van der Waals surface area contributed by atoms with E-state index in [0.717, 1.165) is 28.8 Å². The van der Waals surface area contributed by atoms with Gasteiger partial charge in [0.15, 0.2) is 0 Å². The molecule has 0 amide bonds. The molecule has 0 spiro atoms. The lowest BCUT2D eigenvalue weighted by Gasteiger charge is -2.30. The molecule has 3 aromatic carbocycles. The lowest BCUT2D eigenvalue weighted by molar-refractivity contribution is 0.395. The largest absolute Gasteiger partial charge is 0.508 e. The average Bonchev–Trinajstić information content (AvgIpc) is 3.24. The molecular weight excluding hydrogens is 436 g/mol. The molecule has 6 heteroatoms. The summed E-state index contributed by atoms with van der Waals surface area (Å²) in [4.78, 5) is 0. The molecule has 2 unspecified atom stereocenters. The first kappa shape index (κ1) is 23.0. The highest BCUT2D eigenvalue weighted by Crippen LogP contribution is 2.46. The van der Waals surface area contributed by atoms with Crippen molar-refractivity contribution in [3.05, 3.63) is 95.0 Å². The van der Waals surface area contributed by atoms with Crippen molar-refractivity contribution in [2.24, 2.45) is 0 Å². The van der Waals surface area contributed by atoms with Crippen LogP contribution < -0.4 is 15.2 Å². The maximum atomic E-state index is 10.7. The summed E-state index contributed by atoms with van der Waals surface area (Å²) in [6.07, 6.45) is 2.59. The highest BCUT2D eigenvalue weighted by molar-refractivity contribution is 6.30. The number of allylic oxidation sites excluding steroid dienone is 1. The maximum Gasteiger partial charge on any atom is 0.127 e. The van der Waals surface area contributed by atoms with Crippen molar-refractivity contribution in [3.63, 3.8) is 0 Å². The number of halogens is 1. The lowest BCUT2D eigenvalue weighted by Crippen LogP contribution is -2.34. The monoisotopic (exact) mass is 464 g/mol. The summed E-state index contributed by atoms with van der Waals surface area (Å²) >= 11 is 6.14. The van der Waals surface area contributed by atoms with Crippen molar-refractivity contribution in [1.82, 2.24) is 5.43 Å². The lowest BCUT2D eigenvalue weighted by atomic mass is 9.82. The number of hydrazine groups is 1. The Balaban J connectivity index is 1.83. The predicted octanol–water partition coefficient (Wildman–Crippen LogP) is 6.42. The maximum absolute atomic E-state index is 10.7. The highest BCUT2D eigenvalue weighted by atomic mass is 35.5. The second kappa shape index (κ2) is 9.00. The van der Waals surface area contributed by atoms with Crippen molar-refractivity contribution >= 4 is 17.3 Å². The Morgan fingerprint density at radius 1 is 1.09 bits per heavy atom. The summed E-state index contributed by atoms with van der Waals surface area (Å²) in [5, 5.41) is 23.2. The fourth-order valence-corrected chi connectivity index (χ4v) is 4.45. The van der Waals surface area contributed by atoms with E-state index in [1.807, 2.05) is 62.4 Å². The van der Waals surface area contributed by atoms with Gasteiger partial charge in [0.05, 0.1) is 24.9 Å². The van der Waals surface area contributed by atoms with E-state index in [2.05, 4.69) is 17.0 Å². The molecule has 1 aliphatic rings. The van der Waals surface area contributed by atoms with Gasteiger partial charge in [0.25, 0.3) is 0 Å². The van der Waals surface area contributed by atoms with Crippen LogP contribution in [0.2, 0.25) is 5.02 Å². The molecule has 1 saturated heterocycles. The number of nitrogens with one attached hydrogen (secondary N) is 1. The molecule has 3 aromatic rings. The third-order valence-corrected chi connectivity index (χ3v) is 6.63. The third kappa shape index (κ3) is 4.52. The van der Waals surface area contributed by atoms with E-state index in [9.17, 15) is 10.2 Å². The fourth-order valence-electron chi connectivity index (χ4n) is 4.33. The van der Waals surface area contributed by atoms with Crippen LogP contribution in [0, 0.1) is 0 Å². The zero-order valence-electron chi connectivity index (χ0n) is 19.0. The number of anilines is 1. The molecule has 0 bridgehead atoms. The summed E-state index contributed by atoms with van der Waals surface area (Å²) < 4.78 is 5.71. The molecule has 5 nitrogen and oxygen atoms in total. The van der Waals surface area contributed by atoms with Gasteiger partial charge in [-0.1, -0.05) is 43.7 Å². The predicted molar refractivity (Wildman–Crippen MR) is 133 cm³/mol. The Hall–Kier alpha value is -3.15. The molecule has 33 heavy (non-hydrogen) atoms. The Morgan fingerprint density at radius 3 is 2.36 bits per heavy atom. The van der Waals surface area contributed by atoms with Gasteiger partial charge >= 0.3 is 0 Å². The van der Waals surface area contributed by atoms with Crippen molar-refractivity contribution in [3.8, 4) is 17.2 Å². The van der Waals surface area contributed by atoms with E-state index in [1.165, 1.54) is 0 Å². The minimum atomic E-state index is -0.418. The van der Waals surface area contributed by atoms with Gasteiger partial charge in [-0.15, -0.1) is 6.58 Å². The Labute approximate surface area is 199 Å². The van der Waals surface area contributed by atoms with Crippen LogP contribution in [0.4, 0.5) is 5.69 Å². The SMILES string of the molecule is C=CC(C)(C)c1cc(C2CC(c3ccc(O)cc3)NN2c2ccc(Cl)cc2)c(OC)cc1O. The second-order valence-corrected chi connectivity index (χ2v) is 9.34. The minimum Gasteiger partial charge on any atom is -0.508 e. The van der Waals surface area contributed by atoms with Gasteiger partial charge in [0, 0.05) is 27.6 Å². The van der Waals surface area contributed by atoms with E-state index in [-0.39, 0.29) is 23.6 Å². The zero-order valence-corrected chi connectivity index (χ0v) is 19.8. The molecule has 2 atom stereocenters. The number of benzene rings is 3. The van der Waals surface area contributed by atoms with E-state index in [4.69, 9.17) is 16.3 Å². The summed E-state index contributed by atoms with van der Waals surface area (Å²) in [5.74, 6) is 1.03. The number of rotatable bonds is 6. The number of nitrogens with zero attached hydrogens (tertiary/aromatic N) is 1. The van der Waals surface area contributed by atoms with Crippen molar-refractivity contribution in [2.75, 3.05) is 12.1 Å². The van der Waals surface area contributed by atoms with Gasteiger partial charge in [-0.05, 0) is 54.4 Å². The molecule has 0 saturated carbocycles. The van der Waals surface area contributed by atoms with Crippen LogP contribution in [0.15, 0.2) is 73.3 Å². The van der Waals surface area contributed by atoms with Gasteiger partial charge in [-0.25, -0.2) is 5.43 Å². The van der Waals surface area contributed by atoms with Crippen molar-refractivity contribution in [2.45, 2.75) is 37.8 Å². The minimum absolute atomic E-state index is 0.0145. The molecule has 3 N–H and O–H groups in total. The summed E-state index contributed by atoms with van der Waals surface area (Å²) in [7, 11) is 1.61. The summed E-state index contributed by atoms with van der Waals surface area (Å²) in [5.41, 5.74) is 6.98. The molecular formula is C27H29ClN2O3. The number of ether oxygens (including phenoxy) is 1. The molecule has 1 heterocycles. The van der Waals surface area contributed by atoms with Crippen LogP contribution in [-0.2, 0) is 5.41 Å². The first-order valence-electron chi connectivity index (χ1n) is 10.9. The van der Waals surface area contributed by atoms with E-state index >= 15 is 0 Å². The molecule has 0 radical (unpaired) electrons. The molecule has 4 rings (SSSR count). The molecule has 0 aromatic heterocycles. The van der Waals surface area contributed by atoms with Crippen LogP contribution in [0.1, 0.15) is 49.0 Å². The number of hydrogen-bond donors (Lipinski definition) is 3. The molecule has 1 fully saturated rings. The standard InChI is InChI=1S/C27H29ClN2O3/c1-5-27(2,3)22-14-21(26(33-4)16-25(22)32)24-15-23(17-6-12-20(31)13-7-17)29-30(24)19-10-8-18(28)9-11-19/h5-14,16,23-24,29,31-32H,1,15H2,2-4H3. The van der Waals surface area contributed by atoms with Crippen LogP contribution in [0.5, 0.6) is 17.2 Å². The molecule has 172 valence electrons. The van der Waals surface area contributed by atoms with Crippen LogP contribution in [0.25, 0.3) is 0 Å². The number of aromatic hydroxyl groups is 2. The Bertz CT molecular complexity index is 1140. The second-order valence-electron chi connectivity index (χ2n) is 8.91. The third-order valence-electron chi connectivity index (χ3n) is 6.38. The van der Waals surface area contributed by atoms with Crippen molar-refractivity contribution in [1.29, 1.82) is 0 Å². The van der Waals surface area contributed by atoms with Gasteiger partial charge in [-0.3, -0.25) is 0 Å². The quantitative estimate of drug-likeness (QED) is 0.367. The topological polar surface area (TPSA) is 65.0 Å². The van der Waals surface area contributed by atoms with E-state index in [1.54, 1.807) is 25.3 Å². The first-order chi connectivity index (χ1) is 15.7. The van der Waals surface area contributed by atoms with E-state index in [0.29, 0.717) is 10.8 Å². The fraction of sp³-hybridized carbons (Fsp3) is 0.259. The molecule has 0 aliphatic carbocycles. The van der Waals surface area contributed by atoms with Crippen LogP contribution in [-0.4, -0.2) is 17.3 Å². The molecule has 1 aliphatic heterocycles. The normalized spacial score (nSPS) is 18.4. The highest BCUT2D eigenvalue weighted by Gasteiger charge is 2.37. The van der Waals surface area contributed by atoms with Gasteiger partial charge in [-0.2, -0.15) is 0 Å². The van der Waals surface area contributed by atoms with Crippen molar-refractivity contribution < 1.29 is 14.9 Å². The van der Waals surface area contributed by atoms with Gasteiger partial charge in [0.2, 0.25) is 0 Å². The number of phenolic OH excluding ortho intramolecular Hbond substituents is 2. The number of phenols is 2. The zero-order chi connectivity index (χ0) is 23.8. The smallest absolute Gasteiger partial charge is 0.127 e. The van der Waals surface area contributed by atoms with Gasteiger partial charge in [0.1, 0.15) is 17.2 Å². The van der Waals surface area contributed by atoms with Crippen LogP contribution >= 0.6 is 11.6 Å². The van der Waals surface area contributed by atoms with E-state index < -0.39 is 5.41 Å². The van der Waals surface area contributed by atoms with Crippen LogP contribution in [0.3, 0.4) is 0 Å².